The molecule has 0 aromatic heterocycles. The van der Waals surface area contributed by atoms with Crippen LogP contribution in [0.5, 0.6) is 0 Å². The average Bonchev–Trinajstić information content (AvgIpc) is 1.65. The molecule has 2 heteroatoms. The first kappa shape index (κ1) is 15.7. The van der Waals surface area contributed by atoms with E-state index in [1.165, 1.54) is 12.8 Å². The Kier molecular flexibility index (Phi) is 19.6. The van der Waals surface area contributed by atoms with Gasteiger partial charge >= 0.3 is 0 Å². The van der Waals surface area contributed by atoms with Gasteiger partial charge in [0.05, 0.1) is 0 Å². The van der Waals surface area contributed by atoms with Gasteiger partial charge in [0.2, 0.25) is 0 Å². The van der Waals surface area contributed by atoms with Crippen LogP contribution in [0.1, 0.15) is 33.6 Å². The molecule has 54 valence electrons. The van der Waals surface area contributed by atoms with E-state index in [0.717, 1.165) is 5.92 Å². The molecular weight excluding hydrogens is 100 g/mol. The zero-order valence-corrected chi connectivity index (χ0v) is 6.41. The molecule has 0 aromatic carbocycles. The first-order valence-corrected chi connectivity index (χ1v) is 2.81. The van der Waals surface area contributed by atoms with Crippen molar-refractivity contribution in [2.24, 2.45) is 5.92 Å². The Balaban J connectivity index is -0.000000125. The van der Waals surface area contributed by atoms with Crippen LogP contribution in [0, 0.1) is 5.92 Å². The van der Waals surface area contributed by atoms with Crippen LogP contribution in [0.25, 0.3) is 0 Å². The fraction of sp³-hybridized carbons (Fsp3) is 1.00. The molecule has 0 unspecified atom stereocenters. The van der Waals surface area contributed by atoms with Gasteiger partial charge in [-0.2, -0.15) is 0 Å². The summed E-state index contributed by atoms with van der Waals surface area (Å²) in [6.07, 6.45) is 2.66. The van der Waals surface area contributed by atoms with E-state index in [1.54, 1.807) is 0 Å². The minimum absolute atomic E-state index is 0. The predicted octanol–water partition coefficient (Wildman–Crippen LogP) is 2.77. The summed E-state index contributed by atoms with van der Waals surface area (Å²) in [6, 6.07) is 0. The highest BCUT2D eigenvalue weighted by Crippen LogP contribution is 2.02. The van der Waals surface area contributed by atoms with Gasteiger partial charge in [0.25, 0.3) is 0 Å². The van der Waals surface area contributed by atoms with Crippen LogP contribution < -0.4 is 12.3 Å². The molecule has 8 heavy (non-hydrogen) atoms. The molecule has 0 atom stereocenters. The highest BCUT2D eigenvalue weighted by molar-refractivity contribution is 4.41. The summed E-state index contributed by atoms with van der Waals surface area (Å²) in [5.74, 6) is 0.935. The lowest BCUT2D eigenvalue weighted by Crippen LogP contribution is -1.85. The largest absolute Gasteiger partial charge is 0.344 e. The summed E-state index contributed by atoms with van der Waals surface area (Å²) in [7, 11) is 0. The molecule has 0 bridgehead atoms. The molecule has 0 aliphatic rings. The van der Waals surface area contributed by atoms with Gasteiger partial charge < -0.3 is 12.3 Å². The molecule has 2 nitrogen and oxygen atoms in total. The maximum absolute atomic E-state index is 2.28. The van der Waals surface area contributed by atoms with E-state index < -0.39 is 0 Å². The molecule has 0 amide bonds. The Bertz CT molecular complexity index is 25.7. The third-order valence-electron chi connectivity index (χ3n) is 1.39. The van der Waals surface area contributed by atoms with E-state index in [1.807, 2.05) is 0 Å². The van der Waals surface area contributed by atoms with E-state index >= 15 is 0 Å². The van der Waals surface area contributed by atoms with Crippen molar-refractivity contribution in [2.75, 3.05) is 0 Å². The Hall–Kier alpha value is -0.0800. The summed E-state index contributed by atoms with van der Waals surface area (Å²) in [6.45, 7) is 6.74. The van der Waals surface area contributed by atoms with Crippen LogP contribution in [-0.2, 0) is 0 Å². The van der Waals surface area contributed by atoms with Crippen molar-refractivity contribution in [1.29, 1.82) is 0 Å². The quantitative estimate of drug-likeness (QED) is 0.588. The second-order valence-corrected chi connectivity index (χ2v) is 1.92. The normalized spacial score (nSPS) is 7.50. The van der Waals surface area contributed by atoms with Gasteiger partial charge in [-0.05, 0) is 5.92 Å². The predicted molar refractivity (Wildman–Crippen MR) is 39.8 cm³/mol. The van der Waals surface area contributed by atoms with Crippen LogP contribution in [0.4, 0.5) is 0 Å². The van der Waals surface area contributed by atoms with Crippen molar-refractivity contribution in [3.8, 4) is 0 Å². The standard InChI is InChI=1S/C6H14.2H3N/c1-4-6(3)5-2;;/h6H,4-5H2,1-3H3;2*1H3. The Morgan fingerprint density at radius 3 is 1.25 bits per heavy atom. The monoisotopic (exact) mass is 120 g/mol. The Morgan fingerprint density at radius 1 is 1.00 bits per heavy atom. The van der Waals surface area contributed by atoms with E-state index in [4.69, 9.17) is 0 Å². The van der Waals surface area contributed by atoms with Gasteiger partial charge in [0.15, 0.2) is 0 Å². The van der Waals surface area contributed by atoms with Crippen LogP contribution in [0.15, 0.2) is 0 Å². The number of hydrogen-bond acceptors (Lipinski definition) is 2. The molecule has 0 spiro atoms. The van der Waals surface area contributed by atoms with Gasteiger partial charge in [0, 0.05) is 0 Å². The lowest BCUT2D eigenvalue weighted by atomic mass is 10.1. The molecule has 0 rings (SSSR count). The minimum Gasteiger partial charge on any atom is -0.344 e. The van der Waals surface area contributed by atoms with Crippen LogP contribution in [-0.4, -0.2) is 0 Å². The SMILES string of the molecule is CCC(C)CC.N.N. The van der Waals surface area contributed by atoms with Crippen LogP contribution in [0.3, 0.4) is 0 Å². The fourth-order valence-electron chi connectivity index (χ4n) is 0.289. The second kappa shape index (κ2) is 10.0. The van der Waals surface area contributed by atoms with E-state index in [2.05, 4.69) is 20.8 Å². The summed E-state index contributed by atoms with van der Waals surface area (Å²) < 4.78 is 0. The lowest BCUT2D eigenvalue weighted by molar-refractivity contribution is 0.544. The minimum atomic E-state index is 0. The van der Waals surface area contributed by atoms with Gasteiger partial charge in [-0.25, -0.2) is 0 Å². The summed E-state index contributed by atoms with van der Waals surface area (Å²) in [4.78, 5) is 0. The van der Waals surface area contributed by atoms with Gasteiger partial charge in [0.1, 0.15) is 0 Å². The highest BCUT2D eigenvalue weighted by Gasteiger charge is 1.88. The second-order valence-electron chi connectivity index (χ2n) is 1.92. The average molecular weight is 120 g/mol. The molecule has 6 N–H and O–H groups in total. The maximum atomic E-state index is 2.28. The zero-order valence-electron chi connectivity index (χ0n) is 6.41. The van der Waals surface area contributed by atoms with E-state index in [9.17, 15) is 0 Å². The van der Waals surface area contributed by atoms with Crippen molar-refractivity contribution in [1.82, 2.24) is 12.3 Å². The Morgan fingerprint density at radius 2 is 1.25 bits per heavy atom. The van der Waals surface area contributed by atoms with Crippen molar-refractivity contribution in [3.63, 3.8) is 0 Å². The summed E-state index contributed by atoms with van der Waals surface area (Å²) >= 11 is 0. The summed E-state index contributed by atoms with van der Waals surface area (Å²) in [5, 5.41) is 0. The lowest BCUT2D eigenvalue weighted by Gasteiger charge is -1.98. The first-order chi connectivity index (χ1) is 2.81. The maximum Gasteiger partial charge on any atom is -0.0448 e. The number of hydrogen-bond donors (Lipinski definition) is 2. The molecule has 0 aliphatic heterocycles. The van der Waals surface area contributed by atoms with Crippen molar-refractivity contribution in [2.45, 2.75) is 33.6 Å². The Labute approximate surface area is 52.8 Å². The summed E-state index contributed by atoms with van der Waals surface area (Å²) in [5.41, 5.74) is 0. The molecule has 0 heterocycles. The fourth-order valence-corrected chi connectivity index (χ4v) is 0.289. The van der Waals surface area contributed by atoms with E-state index in [0.29, 0.717) is 0 Å². The van der Waals surface area contributed by atoms with Gasteiger partial charge in [-0.1, -0.05) is 33.6 Å². The molecule has 0 radical (unpaired) electrons. The number of rotatable bonds is 2. The van der Waals surface area contributed by atoms with Gasteiger partial charge in [-0.3, -0.25) is 0 Å². The molecule has 0 aromatic rings. The first-order valence-electron chi connectivity index (χ1n) is 2.81. The third kappa shape index (κ3) is 9.33. The van der Waals surface area contributed by atoms with E-state index in [-0.39, 0.29) is 12.3 Å². The van der Waals surface area contributed by atoms with Crippen molar-refractivity contribution in [3.05, 3.63) is 0 Å². The smallest absolute Gasteiger partial charge is 0.0448 e. The molecular formula is C6H20N2. The van der Waals surface area contributed by atoms with Crippen LogP contribution in [0.2, 0.25) is 0 Å². The van der Waals surface area contributed by atoms with Crippen molar-refractivity contribution >= 4 is 0 Å². The van der Waals surface area contributed by atoms with Gasteiger partial charge in [-0.15, -0.1) is 0 Å². The molecule has 0 fully saturated rings. The molecule has 0 aliphatic carbocycles. The molecule has 0 saturated carbocycles. The topological polar surface area (TPSA) is 70.0 Å². The highest BCUT2D eigenvalue weighted by atomic mass is 14.0. The molecule has 0 saturated heterocycles. The van der Waals surface area contributed by atoms with Crippen molar-refractivity contribution < 1.29 is 0 Å². The zero-order chi connectivity index (χ0) is 4.99. The van der Waals surface area contributed by atoms with Crippen LogP contribution >= 0.6 is 0 Å². The third-order valence-corrected chi connectivity index (χ3v) is 1.39.